The summed E-state index contributed by atoms with van der Waals surface area (Å²) in [6.07, 6.45) is 18.0. The Morgan fingerprint density at radius 1 is 0.692 bits per heavy atom. The van der Waals surface area contributed by atoms with Gasteiger partial charge in [-0.2, -0.15) is 0 Å². The van der Waals surface area contributed by atoms with E-state index in [1.165, 1.54) is 84.0 Å². The van der Waals surface area contributed by atoms with E-state index in [4.69, 9.17) is 9.47 Å². The highest BCUT2D eigenvalue weighted by molar-refractivity contribution is 5.75. The fraction of sp³-hybridized carbons (Fsp3) is 0.682. The lowest BCUT2D eigenvalue weighted by Crippen LogP contribution is -2.45. The van der Waals surface area contributed by atoms with Crippen molar-refractivity contribution in [3.63, 3.8) is 0 Å². The van der Waals surface area contributed by atoms with E-state index >= 15 is 0 Å². The third-order valence-electron chi connectivity index (χ3n) is 10.4. The molecule has 4 unspecified atom stereocenters. The average molecular weight is 722 g/mol. The van der Waals surface area contributed by atoms with Crippen LogP contribution in [0.2, 0.25) is 0 Å². The van der Waals surface area contributed by atoms with Gasteiger partial charge in [-0.25, -0.2) is 0 Å². The van der Waals surface area contributed by atoms with E-state index in [1.54, 1.807) is 0 Å². The summed E-state index contributed by atoms with van der Waals surface area (Å²) in [5.74, 6) is 0.172. The van der Waals surface area contributed by atoms with Gasteiger partial charge in [-0.3, -0.25) is 9.59 Å². The van der Waals surface area contributed by atoms with Crippen molar-refractivity contribution in [1.82, 2.24) is 15.5 Å². The minimum absolute atomic E-state index is 0.00124. The summed E-state index contributed by atoms with van der Waals surface area (Å²) >= 11 is 0. The summed E-state index contributed by atoms with van der Waals surface area (Å²) in [5, 5.41) is 15.5. The number of amides is 2. The molecule has 0 aromatic heterocycles. The van der Waals surface area contributed by atoms with Crippen molar-refractivity contribution in [3.05, 3.63) is 70.8 Å². The molecule has 2 aromatic rings. The van der Waals surface area contributed by atoms with Crippen LogP contribution in [0.3, 0.4) is 0 Å². The topological polar surface area (TPSA) is 100 Å². The maximum absolute atomic E-state index is 12.4. The zero-order chi connectivity index (χ0) is 37.4. The Labute approximate surface area is 315 Å². The second-order valence-corrected chi connectivity index (χ2v) is 15.0. The summed E-state index contributed by atoms with van der Waals surface area (Å²) in [5.41, 5.74) is 4.01. The third kappa shape index (κ3) is 16.9. The first kappa shape index (κ1) is 43.6. The van der Waals surface area contributed by atoms with Crippen LogP contribution in [0.25, 0.3) is 0 Å². The lowest BCUT2D eigenvalue weighted by Gasteiger charge is -2.43. The first-order chi connectivity index (χ1) is 25.3. The minimum Gasteiger partial charge on any atom is -0.392 e. The summed E-state index contributed by atoms with van der Waals surface area (Å²) in [7, 11) is 0. The van der Waals surface area contributed by atoms with Crippen LogP contribution in [0.15, 0.2) is 48.5 Å². The van der Waals surface area contributed by atoms with Crippen LogP contribution in [0.5, 0.6) is 0 Å². The molecule has 3 N–H and O–H groups in total. The highest BCUT2D eigenvalue weighted by Gasteiger charge is 2.39. The van der Waals surface area contributed by atoms with Crippen LogP contribution in [0, 0.1) is 5.92 Å². The van der Waals surface area contributed by atoms with Crippen LogP contribution in [-0.2, 0) is 32.2 Å². The summed E-state index contributed by atoms with van der Waals surface area (Å²) in [6.45, 7) is 12.6. The van der Waals surface area contributed by atoms with Crippen LogP contribution < -0.4 is 10.6 Å². The predicted molar refractivity (Wildman–Crippen MR) is 212 cm³/mol. The number of hydrogen-bond acceptors (Lipinski definition) is 6. The number of rotatable bonds is 27. The molecule has 292 valence electrons. The van der Waals surface area contributed by atoms with Crippen LogP contribution in [0.1, 0.15) is 165 Å². The lowest BCUT2D eigenvalue weighted by atomic mass is 9.90. The number of carbonyl (C=O) groups is 2. The van der Waals surface area contributed by atoms with Gasteiger partial charge in [-0.05, 0) is 55.5 Å². The van der Waals surface area contributed by atoms with Crippen molar-refractivity contribution in [3.8, 4) is 0 Å². The Kier molecular flexibility index (Phi) is 21.9. The average Bonchev–Trinajstić information content (AvgIpc) is 3.15. The number of ether oxygens (including phenoxy) is 2. The van der Waals surface area contributed by atoms with Crippen molar-refractivity contribution >= 4 is 11.8 Å². The third-order valence-corrected chi connectivity index (χ3v) is 10.4. The second-order valence-electron chi connectivity index (χ2n) is 15.0. The van der Waals surface area contributed by atoms with Crippen molar-refractivity contribution in [2.75, 3.05) is 26.2 Å². The highest BCUT2D eigenvalue weighted by atomic mass is 16.7. The smallest absolute Gasteiger partial charge is 0.220 e. The fourth-order valence-corrected chi connectivity index (χ4v) is 7.04. The normalized spacial score (nSPS) is 18.8. The van der Waals surface area contributed by atoms with Gasteiger partial charge in [0.05, 0.1) is 18.8 Å². The monoisotopic (exact) mass is 722 g/mol. The van der Waals surface area contributed by atoms with Gasteiger partial charge < -0.3 is 30.1 Å². The maximum Gasteiger partial charge on any atom is 0.220 e. The molecule has 0 bridgehead atoms. The molecule has 1 aliphatic heterocycles. The standard InChI is InChI=1S/C44H71N3O5/c1-5-7-9-11-13-18-30-47(31-19-14-12-10-8-6-2)33-41-35(3)43(39-25-23-38(34-48)24-26-39)52-44(51-41)40-27-21-37(22-28-40)32-46-42(50)20-16-15-17-29-45-36(4)49/h21-28,35,41,43-44,48H,5-20,29-34H2,1-4H3,(H,45,49)(H,46,50). The Morgan fingerprint density at radius 2 is 1.25 bits per heavy atom. The lowest BCUT2D eigenvalue weighted by molar-refractivity contribution is -0.276. The Hall–Kier alpha value is -2.78. The number of nitrogens with zero attached hydrogens (tertiary/aromatic N) is 1. The van der Waals surface area contributed by atoms with Crippen LogP contribution in [-0.4, -0.2) is 54.1 Å². The maximum atomic E-state index is 12.4. The van der Waals surface area contributed by atoms with E-state index < -0.39 is 6.29 Å². The molecule has 3 rings (SSSR count). The van der Waals surface area contributed by atoms with E-state index in [0.717, 1.165) is 61.2 Å². The molecule has 1 fully saturated rings. The number of hydrogen-bond donors (Lipinski definition) is 3. The number of aliphatic hydroxyl groups excluding tert-OH is 1. The van der Waals surface area contributed by atoms with Gasteiger partial charge in [0.25, 0.3) is 0 Å². The molecule has 0 radical (unpaired) electrons. The number of nitrogens with one attached hydrogen (secondary N) is 2. The number of carbonyl (C=O) groups excluding carboxylic acids is 2. The molecule has 52 heavy (non-hydrogen) atoms. The fourth-order valence-electron chi connectivity index (χ4n) is 7.04. The van der Waals surface area contributed by atoms with Crippen molar-refractivity contribution in [2.24, 2.45) is 5.92 Å². The van der Waals surface area contributed by atoms with Crippen molar-refractivity contribution in [1.29, 1.82) is 0 Å². The van der Waals surface area contributed by atoms with Gasteiger partial charge in [0.1, 0.15) is 0 Å². The first-order valence-corrected chi connectivity index (χ1v) is 20.7. The summed E-state index contributed by atoms with van der Waals surface area (Å²) in [6, 6.07) is 16.4. The van der Waals surface area contributed by atoms with Crippen LogP contribution in [0.4, 0.5) is 0 Å². The van der Waals surface area contributed by atoms with E-state index in [-0.39, 0.29) is 36.5 Å². The molecule has 0 aliphatic carbocycles. The Balaban J connectivity index is 1.66. The molecule has 1 heterocycles. The summed E-state index contributed by atoms with van der Waals surface area (Å²) in [4.78, 5) is 26.1. The minimum atomic E-state index is -0.505. The van der Waals surface area contributed by atoms with E-state index in [0.29, 0.717) is 19.5 Å². The molecule has 2 aromatic carbocycles. The highest BCUT2D eigenvalue weighted by Crippen LogP contribution is 2.42. The van der Waals surface area contributed by atoms with Gasteiger partial charge in [-0.1, -0.05) is 140 Å². The molecular formula is C44H71N3O5. The Morgan fingerprint density at radius 3 is 1.85 bits per heavy atom. The molecule has 4 atom stereocenters. The predicted octanol–water partition coefficient (Wildman–Crippen LogP) is 9.31. The largest absolute Gasteiger partial charge is 0.392 e. The zero-order valence-corrected chi connectivity index (χ0v) is 33.0. The van der Waals surface area contributed by atoms with E-state index in [2.05, 4.69) is 72.7 Å². The van der Waals surface area contributed by atoms with Gasteiger partial charge in [-0.15, -0.1) is 0 Å². The molecular weight excluding hydrogens is 651 g/mol. The number of benzene rings is 2. The number of aliphatic hydroxyl groups is 1. The molecule has 0 saturated carbocycles. The van der Waals surface area contributed by atoms with E-state index in [1.807, 2.05) is 12.1 Å². The van der Waals surface area contributed by atoms with Gasteiger partial charge in [0.15, 0.2) is 6.29 Å². The SMILES string of the molecule is CCCCCCCCN(CCCCCCCC)CC1OC(c2ccc(CNC(=O)CCCCCNC(C)=O)cc2)OC(c2ccc(CO)cc2)C1C. The van der Waals surface area contributed by atoms with Crippen molar-refractivity contribution < 1.29 is 24.2 Å². The van der Waals surface area contributed by atoms with E-state index in [9.17, 15) is 14.7 Å². The second kappa shape index (κ2) is 26.1. The molecule has 8 nitrogen and oxygen atoms in total. The Bertz CT molecular complexity index is 1220. The molecule has 0 spiro atoms. The van der Waals surface area contributed by atoms with Gasteiger partial charge in [0.2, 0.25) is 11.8 Å². The molecule has 1 saturated heterocycles. The summed E-state index contributed by atoms with van der Waals surface area (Å²) < 4.78 is 13.6. The number of unbranched alkanes of at least 4 members (excludes halogenated alkanes) is 12. The quantitative estimate of drug-likeness (QED) is 0.0796. The first-order valence-electron chi connectivity index (χ1n) is 20.7. The van der Waals surface area contributed by atoms with Crippen molar-refractivity contribution in [2.45, 2.75) is 162 Å². The van der Waals surface area contributed by atoms with Crippen LogP contribution >= 0.6 is 0 Å². The van der Waals surface area contributed by atoms with Gasteiger partial charge in [0, 0.05) is 44.5 Å². The zero-order valence-electron chi connectivity index (χ0n) is 33.0. The molecule has 2 amide bonds. The molecule has 1 aliphatic rings. The van der Waals surface area contributed by atoms with Gasteiger partial charge >= 0.3 is 0 Å². The molecule has 8 heteroatoms.